The van der Waals surface area contributed by atoms with Crippen molar-refractivity contribution in [3.05, 3.63) is 83.9 Å². The standard InChI is InChI=1S/C21H21NO2/c1-23-21-10-6-5-9-19(21)17-11-12-20(18(13-17)14-22)24-15-16-7-3-2-4-8-16/h2-13H,14-15,22H2,1H3. The van der Waals surface area contributed by atoms with Crippen LogP contribution in [0.25, 0.3) is 11.1 Å². The molecule has 0 atom stereocenters. The van der Waals surface area contributed by atoms with Crippen molar-refractivity contribution in [2.75, 3.05) is 7.11 Å². The Morgan fingerprint density at radius 1 is 0.833 bits per heavy atom. The molecule has 0 spiro atoms. The van der Waals surface area contributed by atoms with Gasteiger partial charge in [0, 0.05) is 17.7 Å². The molecule has 0 amide bonds. The predicted molar refractivity (Wildman–Crippen MR) is 97.1 cm³/mol. The Morgan fingerprint density at radius 2 is 1.58 bits per heavy atom. The van der Waals surface area contributed by atoms with Crippen LogP contribution in [0.5, 0.6) is 11.5 Å². The molecule has 0 aliphatic heterocycles. The molecule has 0 saturated carbocycles. The Bertz CT molecular complexity index is 800. The van der Waals surface area contributed by atoms with Crippen LogP contribution >= 0.6 is 0 Å². The summed E-state index contributed by atoms with van der Waals surface area (Å²) in [6.45, 7) is 0.953. The molecule has 2 N–H and O–H groups in total. The second-order valence-electron chi connectivity index (χ2n) is 5.50. The average molecular weight is 319 g/mol. The minimum absolute atomic E-state index is 0.424. The largest absolute Gasteiger partial charge is 0.496 e. The lowest BCUT2D eigenvalue weighted by atomic mass is 10.0. The van der Waals surface area contributed by atoms with Gasteiger partial charge in [-0.15, -0.1) is 0 Å². The van der Waals surface area contributed by atoms with Crippen LogP contribution in [-0.2, 0) is 13.2 Å². The molecule has 122 valence electrons. The van der Waals surface area contributed by atoms with Gasteiger partial charge in [0.15, 0.2) is 0 Å². The second kappa shape index (κ2) is 7.66. The lowest BCUT2D eigenvalue weighted by Crippen LogP contribution is -2.03. The van der Waals surface area contributed by atoms with Crippen molar-refractivity contribution in [2.24, 2.45) is 5.73 Å². The Labute approximate surface area is 142 Å². The highest BCUT2D eigenvalue weighted by Gasteiger charge is 2.09. The molecule has 3 heteroatoms. The highest BCUT2D eigenvalue weighted by molar-refractivity contribution is 5.71. The molecule has 0 heterocycles. The first kappa shape index (κ1) is 16.1. The third kappa shape index (κ3) is 3.58. The van der Waals surface area contributed by atoms with Crippen molar-refractivity contribution in [2.45, 2.75) is 13.2 Å². The van der Waals surface area contributed by atoms with E-state index in [-0.39, 0.29) is 0 Å². The molecule has 0 aromatic heterocycles. The first-order chi connectivity index (χ1) is 11.8. The van der Waals surface area contributed by atoms with Crippen molar-refractivity contribution in [1.82, 2.24) is 0 Å². The zero-order chi connectivity index (χ0) is 16.8. The fraction of sp³-hybridized carbons (Fsp3) is 0.143. The summed E-state index contributed by atoms with van der Waals surface area (Å²) in [5, 5.41) is 0. The van der Waals surface area contributed by atoms with Crippen molar-refractivity contribution < 1.29 is 9.47 Å². The van der Waals surface area contributed by atoms with E-state index >= 15 is 0 Å². The van der Waals surface area contributed by atoms with E-state index in [1.165, 1.54) is 0 Å². The Kier molecular flexibility index (Phi) is 5.14. The smallest absolute Gasteiger partial charge is 0.126 e. The minimum atomic E-state index is 0.424. The Balaban J connectivity index is 1.85. The molecule has 0 unspecified atom stereocenters. The summed E-state index contributed by atoms with van der Waals surface area (Å²) in [7, 11) is 1.68. The first-order valence-electron chi connectivity index (χ1n) is 7.95. The fourth-order valence-corrected chi connectivity index (χ4v) is 2.67. The topological polar surface area (TPSA) is 44.5 Å². The summed E-state index contributed by atoms with van der Waals surface area (Å²) >= 11 is 0. The number of methoxy groups -OCH3 is 1. The molecule has 24 heavy (non-hydrogen) atoms. The molecule has 3 rings (SSSR count). The fourth-order valence-electron chi connectivity index (χ4n) is 2.67. The van der Waals surface area contributed by atoms with E-state index in [1.807, 2.05) is 66.7 Å². The lowest BCUT2D eigenvalue weighted by Gasteiger charge is -2.14. The van der Waals surface area contributed by atoms with E-state index in [0.717, 1.165) is 33.8 Å². The summed E-state index contributed by atoms with van der Waals surface area (Å²) in [4.78, 5) is 0. The number of benzene rings is 3. The molecule has 3 nitrogen and oxygen atoms in total. The van der Waals surface area contributed by atoms with Crippen molar-refractivity contribution >= 4 is 0 Å². The molecular formula is C21H21NO2. The molecule has 0 aliphatic rings. The van der Waals surface area contributed by atoms with Crippen molar-refractivity contribution in [3.63, 3.8) is 0 Å². The van der Waals surface area contributed by atoms with Crippen LogP contribution in [0.4, 0.5) is 0 Å². The van der Waals surface area contributed by atoms with Gasteiger partial charge >= 0.3 is 0 Å². The van der Waals surface area contributed by atoms with Gasteiger partial charge in [0.2, 0.25) is 0 Å². The van der Waals surface area contributed by atoms with Crippen molar-refractivity contribution in [1.29, 1.82) is 0 Å². The molecular weight excluding hydrogens is 298 g/mol. The van der Waals surface area contributed by atoms with Crippen LogP contribution in [0.2, 0.25) is 0 Å². The number of para-hydroxylation sites is 1. The van der Waals surface area contributed by atoms with Crippen LogP contribution in [0, 0.1) is 0 Å². The van der Waals surface area contributed by atoms with Gasteiger partial charge in [0.05, 0.1) is 7.11 Å². The molecule has 0 aliphatic carbocycles. The monoisotopic (exact) mass is 319 g/mol. The van der Waals surface area contributed by atoms with Gasteiger partial charge in [-0.25, -0.2) is 0 Å². The van der Waals surface area contributed by atoms with E-state index in [1.54, 1.807) is 7.11 Å². The summed E-state index contributed by atoms with van der Waals surface area (Å²) in [6.07, 6.45) is 0. The van der Waals surface area contributed by atoms with Crippen LogP contribution in [0.15, 0.2) is 72.8 Å². The maximum Gasteiger partial charge on any atom is 0.126 e. The maximum atomic E-state index is 5.95. The van der Waals surface area contributed by atoms with Gasteiger partial charge in [0.25, 0.3) is 0 Å². The molecule has 0 fully saturated rings. The van der Waals surface area contributed by atoms with Gasteiger partial charge in [-0.2, -0.15) is 0 Å². The number of rotatable bonds is 6. The maximum absolute atomic E-state index is 5.95. The van der Waals surface area contributed by atoms with Gasteiger partial charge in [-0.3, -0.25) is 0 Å². The zero-order valence-corrected chi connectivity index (χ0v) is 13.7. The Morgan fingerprint density at radius 3 is 2.33 bits per heavy atom. The van der Waals surface area contributed by atoms with E-state index in [4.69, 9.17) is 15.2 Å². The third-order valence-electron chi connectivity index (χ3n) is 3.94. The van der Waals surface area contributed by atoms with Crippen molar-refractivity contribution in [3.8, 4) is 22.6 Å². The molecule has 3 aromatic rings. The van der Waals surface area contributed by atoms with E-state index < -0.39 is 0 Å². The normalized spacial score (nSPS) is 10.4. The van der Waals surface area contributed by atoms with Crippen LogP contribution < -0.4 is 15.2 Å². The van der Waals surface area contributed by atoms with Crippen LogP contribution in [0.1, 0.15) is 11.1 Å². The first-order valence-corrected chi connectivity index (χ1v) is 7.95. The van der Waals surface area contributed by atoms with Crippen LogP contribution in [0.3, 0.4) is 0 Å². The van der Waals surface area contributed by atoms with Gasteiger partial charge in [0.1, 0.15) is 18.1 Å². The number of hydrogen-bond donors (Lipinski definition) is 1. The van der Waals surface area contributed by atoms with Gasteiger partial charge in [-0.05, 0) is 29.3 Å². The van der Waals surface area contributed by atoms with Gasteiger partial charge in [-0.1, -0.05) is 54.6 Å². The quantitative estimate of drug-likeness (QED) is 0.732. The zero-order valence-electron chi connectivity index (χ0n) is 13.7. The third-order valence-corrected chi connectivity index (χ3v) is 3.94. The number of nitrogens with two attached hydrogens (primary N) is 1. The molecule has 3 aromatic carbocycles. The van der Waals surface area contributed by atoms with E-state index in [2.05, 4.69) is 6.07 Å². The summed E-state index contributed by atoms with van der Waals surface area (Å²) in [5.41, 5.74) is 10.2. The molecule has 0 radical (unpaired) electrons. The SMILES string of the molecule is COc1ccccc1-c1ccc(OCc2ccccc2)c(CN)c1. The summed E-state index contributed by atoms with van der Waals surface area (Å²) in [6, 6.07) is 24.1. The van der Waals surface area contributed by atoms with E-state index in [9.17, 15) is 0 Å². The summed E-state index contributed by atoms with van der Waals surface area (Å²) in [5.74, 6) is 1.67. The average Bonchev–Trinajstić information content (AvgIpc) is 2.67. The number of hydrogen-bond acceptors (Lipinski definition) is 3. The highest BCUT2D eigenvalue weighted by atomic mass is 16.5. The van der Waals surface area contributed by atoms with Crippen LogP contribution in [-0.4, -0.2) is 7.11 Å². The highest BCUT2D eigenvalue weighted by Crippen LogP contribution is 2.32. The lowest BCUT2D eigenvalue weighted by molar-refractivity contribution is 0.303. The van der Waals surface area contributed by atoms with E-state index in [0.29, 0.717) is 13.2 Å². The molecule has 0 bridgehead atoms. The summed E-state index contributed by atoms with van der Waals surface area (Å²) < 4.78 is 11.4. The Hall–Kier alpha value is -2.78. The second-order valence-corrected chi connectivity index (χ2v) is 5.50. The molecule has 0 saturated heterocycles. The van der Waals surface area contributed by atoms with Gasteiger partial charge < -0.3 is 15.2 Å². The predicted octanol–water partition coefficient (Wildman–Crippen LogP) is 4.40. The number of ether oxygens (including phenoxy) is 2. The minimum Gasteiger partial charge on any atom is -0.496 e.